The predicted octanol–water partition coefficient (Wildman–Crippen LogP) is 3.83. The van der Waals surface area contributed by atoms with Gasteiger partial charge in [0.25, 0.3) is 0 Å². The number of anilines is 1. The Kier molecular flexibility index (Phi) is 3.20. The van der Waals surface area contributed by atoms with Gasteiger partial charge in [-0.15, -0.1) is 11.3 Å². The second-order valence-electron chi connectivity index (χ2n) is 4.74. The highest BCUT2D eigenvalue weighted by molar-refractivity contribution is 7.99. The molecule has 1 aliphatic carbocycles. The number of nitrogens with zero attached hydrogens (tertiary/aromatic N) is 2. The molecule has 2 aromatic heterocycles. The van der Waals surface area contributed by atoms with Crippen molar-refractivity contribution < 1.29 is 0 Å². The van der Waals surface area contributed by atoms with Crippen molar-refractivity contribution in [2.45, 2.75) is 44.2 Å². The Hall–Kier alpha value is -0.810. The number of fused-ring (bicyclic) bond motifs is 3. The number of thioether (sulfide) groups is 1. The number of hydrogen-bond donors (Lipinski definition) is 1. The van der Waals surface area contributed by atoms with Gasteiger partial charge in [0.05, 0.1) is 5.39 Å². The smallest absolute Gasteiger partial charge is 0.190 e. The number of nitrogens with two attached hydrogens (primary N) is 1. The zero-order chi connectivity index (χ0) is 12.7. The van der Waals surface area contributed by atoms with E-state index in [0.717, 1.165) is 21.1 Å². The maximum Gasteiger partial charge on any atom is 0.190 e. The SMILES string of the molecule is CCSc1nc(N)c2c3c(sc2n1)CCC[C@H]3C. The first-order chi connectivity index (χ1) is 8.70. The lowest BCUT2D eigenvalue weighted by atomic mass is 9.87. The maximum absolute atomic E-state index is 6.16. The molecule has 0 aromatic carbocycles. The minimum absolute atomic E-state index is 0.595. The first-order valence-electron chi connectivity index (χ1n) is 6.42. The van der Waals surface area contributed by atoms with Crippen LogP contribution in [0.15, 0.2) is 5.16 Å². The normalized spacial score (nSPS) is 19.1. The first kappa shape index (κ1) is 12.2. The van der Waals surface area contributed by atoms with E-state index in [0.29, 0.717) is 11.7 Å². The summed E-state index contributed by atoms with van der Waals surface area (Å²) in [5, 5.41) is 1.94. The van der Waals surface area contributed by atoms with Crippen molar-refractivity contribution in [1.82, 2.24) is 9.97 Å². The molecule has 5 heteroatoms. The monoisotopic (exact) mass is 279 g/mol. The van der Waals surface area contributed by atoms with Crippen molar-refractivity contribution in [2.24, 2.45) is 0 Å². The van der Waals surface area contributed by atoms with Crippen LogP contribution in [0, 0.1) is 0 Å². The fourth-order valence-corrected chi connectivity index (χ4v) is 4.66. The standard InChI is InChI=1S/C13H17N3S2/c1-3-17-13-15-11(14)10-9-7(2)5-4-6-8(9)18-12(10)16-13/h7H,3-6H2,1-2H3,(H2,14,15,16)/t7-/m1/s1. The van der Waals surface area contributed by atoms with Crippen LogP contribution in [-0.4, -0.2) is 15.7 Å². The van der Waals surface area contributed by atoms with Gasteiger partial charge in [0, 0.05) is 4.88 Å². The summed E-state index contributed by atoms with van der Waals surface area (Å²) >= 11 is 3.47. The van der Waals surface area contributed by atoms with E-state index < -0.39 is 0 Å². The third kappa shape index (κ3) is 1.89. The van der Waals surface area contributed by atoms with Gasteiger partial charge in [0.1, 0.15) is 10.6 Å². The van der Waals surface area contributed by atoms with Gasteiger partial charge in [-0.1, -0.05) is 25.6 Å². The molecule has 3 nitrogen and oxygen atoms in total. The zero-order valence-electron chi connectivity index (χ0n) is 10.7. The van der Waals surface area contributed by atoms with Crippen LogP contribution in [0.2, 0.25) is 0 Å². The summed E-state index contributed by atoms with van der Waals surface area (Å²) < 4.78 is 0. The van der Waals surface area contributed by atoms with Crippen LogP contribution >= 0.6 is 23.1 Å². The molecule has 0 unspecified atom stereocenters. The van der Waals surface area contributed by atoms with Crippen LogP contribution in [0.5, 0.6) is 0 Å². The number of hydrogen-bond acceptors (Lipinski definition) is 5. The molecule has 0 bridgehead atoms. The van der Waals surface area contributed by atoms with Crippen molar-refractivity contribution in [3.63, 3.8) is 0 Å². The van der Waals surface area contributed by atoms with Crippen molar-refractivity contribution in [2.75, 3.05) is 11.5 Å². The Morgan fingerprint density at radius 1 is 1.44 bits per heavy atom. The van der Waals surface area contributed by atoms with E-state index in [-0.39, 0.29) is 0 Å². The Bertz CT molecular complexity index is 591. The summed E-state index contributed by atoms with van der Waals surface area (Å²) in [5.74, 6) is 2.24. The molecule has 1 aliphatic rings. The van der Waals surface area contributed by atoms with Gasteiger partial charge < -0.3 is 5.73 Å². The van der Waals surface area contributed by atoms with E-state index in [9.17, 15) is 0 Å². The molecule has 2 N–H and O–H groups in total. The zero-order valence-corrected chi connectivity index (χ0v) is 12.3. The van der Waals surface area contributed by atoms with E-state index >= 15 is 0 Å². The van der Waals surface area contributed by atoms with E-state index in [2.05, 4.69) is 23.8 Å². The number of thiophene rings is 1. The third-order valence-electron chi connectivity index (χ3n) is 3.48. The molecule has 18 heavy (non-hydrogen) atoms. The molecule has 2 heterocycles. The first-order valence-corrected chi connectivity index (χ1v) is 8.22. The van der Waals surface area contributed by atoms with Gasteiger partial charge in [-0.2, -0.15) is 0 Å². The van der Waals surface area contributed by atoms with Crippen LogP contribution < -0.4 is 5.73 Å². The van der Waals surface area contributed by atoms with Gasteiger partial charge in [-0.25, -0.2) is 9.97 Å². The Morgan fingerprint density at radius 2 is 2.28 bits per heavy atom. The Morgan fingerprint density at radius 3 is 3.06 bits per heavy atom. The van der Waals surface area contributed by atoms with Crippen molar-refractivity contribution in [1.29, 1.82) is 0 Å². The van der Waals surface area contributed by atoms with Crippen LogP contribution in [0.25, 0.3) is 10.2 Å². The molecule has 2 aromatic rings. The summed E-state index contributed by atoms with van der Waals surface area (Å²) in [4.78, 5) is 11.7. The van der Waals surface area contributed by atoms with Crippen LogP contribution in [0.4, 0.5) is 5.82 Å². The lowest BCUT2D eigenvalue weighted by Crippen LogP contribution is -2.05. The Balaban J connectivity index is 2.22. The topological polar surface area (TPSA) is 51.8 Å². The minimum atomic E-state index is 0.595. The summed E-state index contributed by atoms with van der Waals surface area (Å²) in [6.45, 7) is 4.40. The van der Waals surface area contributed by atoms with Crippen molar-refractivity contribution >= 4 is 39.1 Å². The quantitative estimate of drug-likeness (QED) is 0.670. The summed E-state index contributed by atoms with van der Waals surface area (Å²) in [6.07, 6.45) is 3.71. The second kappa shape index (κ2) is 4.70. The molecule has 0 saturated heterocycles. The number of rotatable bonds is 2. The number of aromatic nitrogens is 2. The van der Waals surface area contributed by atoms with E-state index in [1.807, 2.05) is 11.3 Å². The average molecular weight is 279 g/mol. The Labute approximate surface area is 115 Å². The van der Waals surface area contributed by atoms with Crippen molar-refractivity contribution in [3.8, 4) is 0 Å². The van der Waals surface area contributed by atoms with Crippen LogP contribution in [0.1, 0.15) is 43.0 Å². The highest BCUT2D eigenvalue weighted by Crippen LogP contribution is 2.43. The molecule has 0 radical (unpaired) electrons. The molecule has 0 aliphatic heterocycles. The fraction of sp³-hybridized carbons (Fsp3) is 0.538. The summed E-state index contributed by atoms with van der Waals surface area (Å²) in [5.41, 5.74) is 7.58. The maximum atomic E-state index is 6.16. The molecule has 0 amide bonds. The minimum Gasteiger partial charge on any atom is -0.383 e. The lowest BCUT2D eigenvalue weighted by Gasteiger charge is -2.18. The van der Waals surface area contributed by atoms with Gasteiger partial charge in [-0.05, 0) is 36.5 Å². The molecular formula is C13H17N3S2. The molecule has 96 valence electrons. The third-order valence-corrected chi connectivity index (χ3v) is 5.37. The summed E-state index contributed by atoms with van der Waals surface area (Å²) in [6, 6.07) is 0. The molecule has 0 fully saturated rings. The van der Waals surface area contributed by atoms with Crippen LogP contribution in [0.3, 0.4) is 0 Å². The molecular weight excluding hydrogens is 262 g/mol. The highest BCUT2D eigenvalue weighted by atomic mass is 32.2. The van der Waals surface area contributed by atoms with E-state index in [4.69, 9.17) is 5.73 Å². The molecule has 1 atom stereocenters. The summed E-state index contributed by atoms with van der Waals surface area (Å²) in [7, 11) is 0. The molecule has 3 rings (SSSR count). The lowest BCUT2D eigenvalue weighted by molar-refractivity contribution is 0.602. The van der Waals surface area contributed by atoms with Gasteiger partial charge in [0.15, 0.2) is 5.16 Å². The largest absolute Gasteiger partial charge is 0.383 e. The fourth-order valence-electron chi connectivity index (χ4n) is 2.69. The number of nitrogen functional groups attached to an aromatic ring is 1. The average Bonchev–Trinajstić information content (AvgIpc) is 2.69. The molecule has 0 spiro atoms. The number of aryl methyl sites for hydroxylation is 1. The highest BCUT2D eigenvalue weighted by Gasteiger charge is 2.24. The predicted molar refractivity (Wildman–Crippen MR) is 79.6 cm³/mol. The van der Waals surface area contributed by atoms with Gasteiger partial charge in [-0.3, -0.25) is 0 Å². The van der Waals surface area contributed by atoms with Crippen molar-refractivity contribution in [3.05, 3.63) is 10.4 Å². The van der Waals surface area contributed by atoms with E-state index in [1.54, 1.807) is 11.8 Å². The second-order valence-corrected chi connectivity index (χ2v) is 7.05. The van der Waals surface area contributed by atoms with E-state index in [1.165, 1.54) is 29.7 Å². The van der Waals surface area contributed by atoms with Crippen LogP contribution in [-0.2, 0) is 6.42 Å². The molecule has 0 saturated carbocycles. The van der Waals surface area contributed by atoms with Gasteiger partial charge >= 0.3 is 0 Å². The van der Waals surface area contributed by atoms with Gasteiger partial charge in [0.2, 0.25) is 0 Å².